The summed E-state index contributed by atoms with van der Waals surface area (Å²) in [6.45, 7) is 0.816. The molecule has 0 aliphatic heterocycles. The summed E-state index contributed by atoms with van der Waals surface area (Å²) in [6.07, 6.45) is 3.14. The molecule has 1 atom stereocenters. The van der Waals surface area contributed by atoms with Crippen LogP contribution in [0.15, 0.2) is 16.7 Å². The number of nitrogens with one attached hydrogen (secondary N) is 2. The number of aromatic nitrogens is 1. The highest BCUT2D eigenvalue weighted by Crippen LogP contribution is 2.24. The molecule has 0 aromatic carbocycles. The molecule has 25 heavy (non-hydrogen) atoms. The van der Waals surface area contributed by atoms with E-state index in [4.69, 9.17) is 4.74 Å². The molecule has 0 radical (unpaired) electrons. The van der Waals surface area contributed by atoms with Crippen molar-refractivity contribution in [3.63, 3.8) is 0 Å². The van der Waals surface area contributed by atoms with Crippen LogP contribution in [0.1, 0.15) is 30.1 Å². The van der Waals surface area contributed by atoms with Gasteiger partial charge in [-0.3, -0.25) is 4.79 Å². The van der Waals surface area contributed by atoms with E-state index in [0.29, 0.717) is 4.47 Å². The van der Waals surface area contributed by atoms with Gasteiger partial charge in [0, 0.05) is 22.8 Å². The van der Waals surface area contributed by atoms with E-state index in [9.17, 15) is 26.4 Å². The zero-order valence-corrected chi connectivity index (χ0v) is 15.3. The van der Waals surface area contributed by atoms with Crippen LogP contribution in [0, 0.1) is 0 Å². The second-order valence-corrected chi connectivity index (χ2v) is 8.09. The molecule has 1 aliphatic rings. The topological polar surface area (TPSA) is 97.4 Å². The smallest absolute Gasteiger partial charge is 0.476 e. The number of hydrogen-bond acceptors (Lipinski definition) is 5. The maximum absolute atomic E-state index is 12.3. The van der Waals surface area contributed by atoms with Gasteiger partial charge in [0.1, 0.15) is 6.61 Å². The fourth-order valence-corrected chi connectivity index (χ4v) is 2.87. The van der Waals surface area contributed by atoms with Crippen molar-refractivity contribution in [3.8, 4) is 5.88 Å². The number of ether oxygens (including phenoxy) is 1. The molecular weight excluding hydrogens is 431 g/mol. The normalized spacial score (nSPS) is 16.4. The molecule has 7 nitrogen and oxygen atoms in total. The summed E-state index contributed by atoms with van der Waals surface area (Å²) >= 11 is 3.19. The highest BCUT2D eigenvalue weighted by molar-refractivity contribution is 9.10. The summed E-state index contributed by atoms with van der Waals surface area (Å²) in [5, 5.41) is 2.78. The van der Waals surface area contributed by atoms with Crippen LogP contribution in [0.25, 0.3) is 0 Å². The highest BCUT2D eigenvalue weighted by Gasteiger charge is 2.46. The molecule has 1 heterocycles. The summed E-state index contributed by atoms with van der Waals surface area (Å²) < 4.78 is 66.0. The second kappa shape index (κ2) is 7.46. The number of nitrogens with zero attached hydrogens (tertiary/aromatic N) is 1. The van der Waals surface area contributed by atoms with Gasteiger partial charge in [-0.05, 0) is 35.7 Å². The number of carbonyl (C=O) groups excluding carboxylic acids is 1. The summed E-state index contributed by atoms with van der Waals surface area (Å²) in [6, 6.07) is 0.321. The summed E-state index contributed by atoms with van der Waals surface area (Å²) in [5.41, 5.74) is -5.13. The van der Waals surface area contributed by atoms with Crippen molar-refractivity contribution in [1.82, 2.24) is 15.0 Å². The first-order chi connectivity index (χ1) is 11.5. The van der Waals surface area contributed by atoms with Gasteiger partial charge in [0.15, 0.2) is 0 Å². The summed E-state index contributed by atoms with van der Waals surface area (Å²) in [4.78, 5) is 15.9. The minimum Gasteiger partial charge on any atom is -0.476 e. The first kappa shape index (κ1) is 19.9. The van der Waals surface area contributed by atoms with Crippen LogP contribution >= 0.6 is 15.9 Å². The lowest BCUT2D eigenvalue weighted by Gasteiger charge is -2.16. The Bertz CT molecular complexity index is 753. The van der Waals surface area contributed by atoms with E-state index < -0.39 is 28.2 Å². The molecule has 0 bridgehead atoms. The molecule has 1 amide bonds. The van der Waals surface area contributed by atoms with Crippen molar-refractivity contribution in [1.29, 1.82) is 0 Å². The Labute approximate surface area is 150 Å². The average molecular weight is 446 g/mol. The molecular formula is C13H15BrF3N3O4S. The van der Waals surface area contributed by atoms with Gasteiger partial charge in [-0.25, -0.2) is 18.1 Å². The number of hydrogen-bond donors (Lipinski definition) is 2. The van der Waals surface area contributed by atoms with E-state index in [1.54, 1.807) is 0 Å². The number of amides is 1. The highest BCUT2D eigenvalue weighted by atomic mass is 79.9. The van der Waals surface area contributed by atoms with Crippen LogP contribution in [0.3, 0.4) is 0 Å². The third-order valence-corrected chi connectivity index (χ3v) is 5.08. The van der Waals surface area contributed by atoms with Crippen molar-refractivity contribution in [2.75, 3.05) is 6.61 Å². The van der Waals surface area contributed by atoms with Crippen LogP contribution in [-0.2, 0) is 10.0 Å². The summed E-state index contributed by atoms with van der Waals surface area (Å²) in [5.74, 6) is -0.338. The Hall–Kier alpha value is -1.40. The molecule has 1 aliphatic carbocycles. The van der Waals surface area contributed by atoms with Gasteiger partial charge in [0.25, 0.3) is 5.91 Å². The van der Waals surface area contributed by atoms with E-state index in [1.165, 1.54) is 23.9 Å². The van der Waals surface area contributed by atoms with E-state index in [2.05, 4.69) is 26.2 Å². The number of halogens is 4. The standard InChI is InChI=1S/C13H15BrF3N3O4S/c1-7(20-25(22,23)13(15,16)17)6-24-11-4-9(10(14)5-18-11)12(21)19-8-2-3-8/h4-5,7-8,20H,2-3,6H2,1H3,(H,19,21)/t7-/m0/s1. The fraction of sp³-hybridized carbons (Fsp3) is 0.538. The van der Waals surface area contributed by atoms with Gasteiger partial charge in [0.05, 0.1) is 11.6 Å². The lowest BCUT2D eigenvalue weighted by Crippen LogP contribution is -2.43. The predicted molar refractivity (Wildman–Crippen MR) is 85.5 cm³/mol. The van der Waals surface area contributed by atoms with Gasteiger partial charge in [-0.1, -0.05) is 0 Å². The van der Waals surface area contributed by atoms with Crippen molar-refractivity contribution in [3.05, 3.63) is 22.3 Å². The molecule has 2 N–H and O–H groups in total. The van der Waals surface area contributed by atoms with Crippen LogP contribution < -0.4 is 14.8 Å². The monoisotopic (exact) mass is 445 g/mol. The maximum Gasteiger partial charge on any atom is 0.511 e. The molecule has 1 aromatic heterocycles. The van der Waals surface area contributed by atoms with Crippen LogP contribution in [0.2, 0.25) is 0 Å². The number of alkyl halides is 3. The number of sulfonamides is 1. The Morgan fingerprint density at radius 1 is 1.48 bits per heavy atom. The van der Waals surface area contributed by atoms with Crippen molar-refractivity contribution >= 4 is 31.9 Å². The predicted octanol–water partition coefficient (Wildman–Crippen LogP) is 1.94. The molecule has 1 fully saturated rings. The van der Waals surface area contributed by atoms with Crippen LogP contribution in [0.5, 0.6) is 5.88 Å². The van der Waals surface area contributed by atoms with Crippen LogP contribution in [0.4, 0.5) is 13.2 Å². The van der Waals surface area contributed by atoms with Gasteiger partial charge in [-0.2, -0.15) is 13.2 Å². The third-order valence-electron chi connectivity index (χ3n) is 3.13. The molecule has 2 rings (SSSR count). The van der Waals surface area contributed by atoms with Gasteiger partial charge in [-0.15, -0.1) is 0 Å². The zero-order chi connectivity index (χ0) is 18.8. The Kier molecular flexibility index (Phi) is 5.94. The SMILES string of the molecule is C[C@@H](COc1cc(C(=O)NC2CC2)c(Br)cn1)NS(=O)(=O)C(F)(F)F. The van der Waals surface area contributed by atoms with Gasteiger partial charge >= 0.3 is 15.5 Å². The Balaban J connectivity index is 1.97. The first-order valence-electron chi connectivity index (χ1n) is 7.17. The largest absolute Gasteiger partial charge is 0.511 e. The maximum atomic E-state index is 12.3. The molecule has 12 heteroatoms. The molecule has 1 aromatic rings. The first-order valence-corrected chi connectivity index (χ1v) is 9.45. The summed E-state index contributed by atoms with van der Waals surface area (Å²) in [7, 11) is -5.46. The van der Waals surface area contributed by atoms with Crippen LogP contribution in [-0.4, -0.2) is 43.5 Å². The lowest BCUT2D eigenvalue weighted by molar-refractivity contribution is -0.0451. The van der Waals surface area contributed by atoms with Crippen molar-refractivity contribution in [2.45, 2.75) is 37.4 Å². The average Bonchev–Trinajstić information content (AvgIpc) is 3.28. The van der Waals surface area contributed by atoms with Crippen molar-refractivity contribution in [2.24, 2.45) is 0 Å². The van der Waals surface area contributed by atoms with Crippen molar-refractivity contribution < 1.29 is 31.1 Å². The second-order valence-electron chi connectivity index (χ2n) is 5.53. The minimum absolute atomic E-state index is 0.0118. The van der Waals surface area contributed by atoms with E-state index >= 15 is 0 Å². The van der Waals surface area contributed by atoms with E-state index in [0.717, 1.165) is 12.8 Å². The number of carbonyl (C=O) groups is 1. The van der Waals surface area contributed by atoms with Gasteiger partial charge < -0.3 is 10.1 Å². The molecule has 1 saturated carbocycles. The Morgan fingerprint density at radius 2 is 2.12 bits per heavy atom. The third kappa shape index (κ3) is 5.54. The van der Waals surface area contributed by atoms with E-state index in [1.807, 2.05) is 0 Å². The van der Waals surface area contributed by atoms with E-state index in [-0.39, 0.29) is 23.4 Å². The molecule has 0 spiro atoms. The number of rotatable bonds is 7. The minimum atomic E-state index is -5.46. The lowest BCUT2D eigenvalue weighted by atomic mass is 10.2. The molecule has 140 valence electrons. The zero-order valence-electron chi connectivity index (χ0n) is 12.9. The quantitative estimate of drug-likeness (QED) is 0.668. The molecule has 0 unspecified atom stereocenters. The molecule has 0 saturated heterocycles. The fourth-order valence-electron chi connectivity index (χ4n) is 1.74. The van der Waals surface area contributed by atoms with Gasteiger partial charge in [0.2, 0.25) is 5.88 Å². The number of pyridine rings is 1. The Morgan fingerprint density at radius 3 is 2.68 bits per heavy atom.